The summed E-state index contributed by atoms with van der Waals surface area (Å²) >= 11 is 1.51. The summed E-state index contributed by atoms with van der Waals surface area (Å²) in [5, 5.41) is 2.60. The molecule has 1 unspecified atom stereocenters. The van der Waals surface area contributed by atoms with Gasteiger partial charge in [-0.15, -0.1) is 11.8 Å². The molecule has 0 bridgehead atoms. The standard InChI is InChI=1S/C16H15N3O3S/c20-14-12(7-4-8-17-14)18-15(21)13-9-23-10-19(13)16(22)11-5-2-1-3-6-11/h1-8,13H,9-10H2,(H,17,20)(H,18,21). The third-order valence-corrected chi connectivity index (χ3v) is 4.55. The van der Waals surface area contributed by atoms with Crippen LogP contribution in [0.2, 0.25) is 0 Å². The lowest BCUT2D eigenvalue weighted by Crippen LogP contribution is -2.45. The van der Waals surface area contributed by atoms with Crippen LogP contribution in [0.5, 0.6) is 0 Å². The van der Waals surface area contributed by atoms with Crippen LogP contribution < -0.4 is 10.9 Å². The Morgan fingerprint density at radius 3 is 2.70 bits per heavy atom. The predicted molar refractivity (Wildman–Crippen MR) is 89.4 cm³/mol. The third kappa shape index (κ3) is 3.29. The van der Waals surface area contributed by atoms with E-state index in [2.05, 4.69) is 10.3 Å². The highest BCUT2D eigenvalue weighted by Gasteiger charge is 2.35. The molecule has 0 spiro atoms. The molecule has 1 fully saturated rings. The number of carbonyl (C=O) groups is 2. The van der Waals surface area contributed by atoms with Gasteiger partial charge in [0.1, 0.15) is 11.7 Å². The predicted octanol–water partition coefficient (Wildman–Crippen LogP) is 1.53. The van der Waals surface area contributed by atoms with E-state index in [4.69, 9.17) is 0 Å². The number of amides is 2. The Labute approximate surface area is 136 Å². The van der Waals surface area contributed by atoms with Crippen molar-refractivity contribution >= 4 is 29.3 Å². The molecule has 1 aliphatic rings. The first-order valence-corrected chi connectivity index (χ1v) is 8.24. The quantitative estimate of drug-likeness (QED) is 0.895. The normalized spacial score (nSPS) is 17.0. The van der Waals surface area contributed by atoms with Crippen LogP contribution in [0.3, 0.4) is 0 Å². The number of thioether (sulfide) groups is 1. The zero-order chi connectivity index (χ0) is 16.2. The average Bonchev–Trinajstić information content (AvgIpc) is 3.07. The third-order valence-electron chi connectivity index (χ3n) is 3.54. The van der Waals surface area contributed by atoms with Gasteiger partial charge >= 0.3 is 0 Å². The number of rotatable bonds is 3. The second-order valence-electron chi connectivity index (χ2n) is 5.06. The minimum absolute atomic E-state index is 0.182. The highest BCUT2D eigenvalue weighted by atomic mass is 32.2. The van der Waals surface area contributed by atoms with Gasteiger partial charge in [-0.2, -0.15) is 0 Å². The van der Waals surface area contributed by atoms with Gasteiger partial charge < -0.3 is 15.2 Å². The van der Waals surface area contributed by atoms with Gasteiger partial charge in [-0.05, 0) is 24.3 Å². The molecule has 2 heterocycles. The van der Waals surface area contributed by atoms with Crippen molar-refractivity contribution in [2.75, 3.05) is 16.9 Å². The number of nitrogens with zero attached hydrogens (tertiary/aromatic N) is 1. The molecule has 2 amide bonds. The lowest BCUT2D eigenvalue weighted by atomic mass is 10.1. The van der Waals surface area contributed by atoms with Crippen molar-refractivity contribution in [1.29, 1.82) is 0 Å². The van der Waals surface area contributed by atoms with Gasteiger partial charge in [0.25, 0.3) is 11.5 Å². The highest BCUT2D eigenvalue weighted by molar-refractivity contribution is 7.99. The van der Waals surface area contributed by atoms with E-state index in [1.165, 1.54) is 28.9 Å². The van der Waals surface area contributed by atoms with Crippen LogP contribution in [0.15, 0.2) is 53.5 Å². The summed E-state index contributed by atoms with van der Waals surface area (Å²) in [5.41, 5.74) is 0.360. The van der Waals surface area contributed by atoms with Gasteiger partial charge in [0.15, 0.2) is 0 Å². The first-order valence-electron chi connectivity index (χ1n) is 7.09. The first-order chi connectivity index (χ1) is 11.2. The highest BCUT2D eigenvalue weighted by Crippen LogP contribution is 2.24. The molecule has 1 saturated heterocycles. The maximum absolute atomic E-state index is 12.5. The Kier molecular flexibility index (Phi) is 4.47. The van der Waals surface area contributed by atoms with Crippen LogP contribution in [-0.4, -0.2) is 39.4 Å². The Hall–Kier alpha value is -2.54. The van der Waals surface area contributed by atoms with Crippen LogP contribution in [0.4, 0.5) is 5.69 Å². The lowest BCUT2D eigenvalue weighted by molar-refractivity contribution is -0.119. The first kappa shape index (κ1) is 15.4. The molecule has 2 N–H and O–H groups in total. The Morgan fingerprint density at radius 2 is 1.96 bits per heavy atom. The molecule has 0 radical (unpaired) electrons. The van der Waals surface area contributed by atoms with Crippen molar-refractivity contribution in [3.05, 3.63) is 64.6 Å². The molecule has 1 aromatic heterocycles. The molecule has 1 aromatic carbocycles. The van der Waals surface area contributed by atoms with E-state index in [0.29, 0.717) is 17.2 Å². The van der Waals surface area contributed by atoms with E-state index in [1.54, 1.807) is 30.3 Å². The molecule has 7 heteroatoms. The molecular weight excluding hydrogens is 314 g/mol. The topological polar surface area (TPSA) is 82.3 Å². The Morgan fingerprint density at radius 1 is 1.17 bits per heavy atom. The molecule has 118 valence electrons. The molecule has 3 rings (SSSR count). The summed E-state index contributed by atoms with van der Waals surface area (Å²) in [6.45, 7) is 0. The van der Waals surface area contributed by atoms with Gasteiger partial charge in [-0.1, -0.05) is 18.2 Å². The second-order valence-corrected chi connectivity index (χ2v) is 6.06. The molecule has 0 aliphatic carbocycles. The zero-order valence-corrected chi connectivity index (χ0v) is 13.0. The summed E-state index contributed by atoms with van der Waals surface area (Å²) < 4.78 is 0. The monoisotopic (exact) mass is 329 g/mol. The van der Waals surface area contributed by atoms with Crippen molar-refractivity contribution in [3.8, 4) is 0 Å². The number of hydrogen-bond donors (Lipinski definition) is 2. The summed E-state index contributed by atoms with van der Waals surface area (Å²) in [5.74, 6) is 0.431. The minimum Gasteiger partial charge on any atom is -0.327 e. The summed E-state index contributed by atoms with van der Waals surface area (Å²) in [4.78, 5) is 40.7. The van der Waals surface area contributed by atoms with Crippen molar-refractivity contribution in [3.63, 3.8) is 0 Å². The molecule has 23 heavy (non-hydrogen) atoms. The lowest BCUT2D eigenvalue weighted by Gasteiger charge is -2.23. The van der Waals surface area contributed by atoms with E-state index in [-0.39, 0.29) is 23.1 Å². The Bertz CT molecular complexity index is 775. The van der Waals surface area contributed by atoms with E-state index in [1.807, 2.05) is 6.07 Å². The average molecular weight is 329 g/mol. The smallest absolute Gasteiger partial charge is 0.271 e. The van der Waals surface area contributed by atoms with Crippen LogP contribution >= 0.6 is 11.8 Å². The molecule has 6 nitrogen and oxygen atoms in total. The number of anilines is 1. The fraction of sp³-hybridized carbons (Fsp3) is 0.188. The van der Waals surface area contributed by atoms with Crippen molar-refractivity contribution in [2.24, 2.45) is 0 Å². The number of pyridine rings is 1. The van der Waals surface area contributed by atoms with Gasteiger partial charge in [-0.25, -0.2) is 0 Å². The summed E-state index contributed by atoms with van der Waals surface area (Å²) in [6, 6.07) is 11.4. The minimum atomic E-state index is -0.590. The van der Waals surface area contributed by atoms with E-state index >= 15 is 0 Å². The number of aromatic nitrogens is 1. The van der Waals surface area contributed by atoms with Crippen molar-refractivity contribution in [2.45, 2.75) is 6.04 Å². The Balaban J connectivity index is 1.76. The van der Waals surface area contributed by atoms with Crippen LogP contribution in [-0.2, 0) is 4.79 Å². The summed E-state index contributed by atoms with van der Waals surface area (Å²) in [7, 11) is 0. The van der Waals surface area contributed by atoms with E-state index in [9.17, 15) is 14.4 Å². The van der Waals surface area contributed by atoms with Crippen molar-refractivity contribution in [1.82, 2.24) is 9.88 Å². The number of aromatic amines is 1. The van der Waals surface area contributed by atoms with E-state index in [0.717, 1.165) is 0 Å². The molecular formula is C16H15N3O3S. The van der Waals surface area contributed by atoms with Crippen molar-refractivity contribution < 1.29 is 9.59 Å². The number of hydrogen-bond acceptors (Lipinski definition) is 4. The largest absolute Gasteiger partial charge is 0.327 e. The molecule has 2 aromatic rings. The van der Waals surface area contributed by atoms with Gasteiger partial charge in [0, 0.05) is 17.5 Å². The van der Waals surface area contributed by atoms with Crippen LogP contribution in [0, 0.1) is 0 Å². The number of carbonyl (C=O) groups excluding carboxylic acids is 2. The molecule has 1 aliphatic heterocycles. The maximum atomic E-state index is 12.5. The van der Waals surface area contributed by atoms with E-state index < -0.39 is 6.04 Å². The summed E-state index contributed by atoms with van der Waals surface area (Å²) in [6.07, 6.45) is 1.49. The maximum Gasteiger partial charge on any atom is 0.271 e. The van der Waals surface area contributed by atoms with Gasteiger partial charge in [-0.3, -0.25) is 14.4 Å². The second kappa shape index (κ2) is 6.70. The fourth-order valence-corrected chi connectivity index (χ4v) is 3.50. The van der Waals surface area contributed by atoms with Gasteiger partial charge in [0.05, 0.1) is 5.88 Å². The fourth-order valence-electron chi connectivity index (χ4n) is 2.34. The molecule has 0 saturated carbocycles. The van der Waals surface area contributed by atoms with Crippen LogP contribution in [0.25, 0.3) is 0 Å². The van der Waals surface area contributed by atoms with Gasteiger partial charge in [0.2, 0.25) is 5.91 Å². The zero-order valence-electron chi connectivity index (χ0n) is 12.2. The van der Waals surface area contributed by atoms with Crippen LogP contribution in [0.1, 0.15) is 10.4 Å². The SMILES string of the molecule is O=C(Nc1ccc[nH]c1=O)C1CSCN1C(=O)c1ccccc1. The number of nitrogens with one attached hydrogen (secondary N) is 2. The molecule has 1 atom stereocenters. The number of H-pyrrole nitrogens is 1. The number of benzene rings is 1.